The van der Waals surface area contributed by atoms with Crippen molar-refractivity contribution in [2.24, 2.45) is 0 Å². The molecule has 1 rings (SSSR count). The van der Waals surface area contributed by atoms with Crippen molar-refractivity contribution in [1.82, 2.24) is 0 Å². The third-order valence-electron chi connectivity index (χ3n) is 3.84. The van der Waals surface area contributed by atoms with E-state index in [2.05, 4.69) is 20.8 Å². The summed E-state index contributed by atoms with van der Waals surface area (Å²) < 4.78 is 7.08. The highest BCUT2D eigenvalue weighted by Crippen LogP contribution is 2.24. The molecule has 0 aromatic heterocycles. The molecular weight excluding hydrogens is 186 g/mol. The summed E-state index contributed by atoms with van der Waals surface area (Å²) in [5.74, 6) is 0. The van der Waals surface area contributed by atoms with E-state index in [1.165, 1.54) is 56.2 Å². The Morgan fingerprint density at radius 2 is 1.80 bits per heavy atom. The van der Waals surface area contributed by atoms with Gasteiger partial charge in [-0.1, -0.05) is 13.3 Å². The SMILES string of the molecule is CCCC[N+]1(C(C)OCC)CCCCC1. The van der Waals surface area contributed by atoms with Gasteiger partial charge in [-0.25, -0.2) is 0 Å². The Labute approximate surface area is 95.2 Å². The van der Waals surface area contributed by atoms with Gasteiger partial charge < -0.3 is 4.74 Å². The number of rotatable bonds is 6. The minimum atomic E-state index is 0.404. The van der Waals surface area contributed by atoms with Crippen LogP contribution in [0.25, 0.3) is 0 Å². The fourth-order valence-corrected chi connectivity index (χ4v) is 2.78. The first-order valence-corrected chi connectivity index (χ1v) is 6.72. The van der Waals surface area contributed by atoms with Gasteiger partial charge in [0.15, 0.2) is 6.23 Å². The van der Waals surface area contributed by atoms with Crippen molar-refractivity contribution in [1.29, 1.82) is 0 Å². The smallest absolute Gasteiger partial charge is 0.190 e. The third kappa shape index (κ3) is 3.46. The topological polar surface area (TPSA) is 9.23 Å². The minimum Gasteiger partial charge on any atom is -0.330 e. The standard InChI is InChI=1S/C13H28NO/c1-4-6-10-14(13(3)15-5-2)11-8-7-9-12-14/h13H,4-12H2,1-3H3/q+1. The van der Waals surface area contributed by atoms with Gasteiger partial charge in [0, 0.05) is 6.92 Å². The molecular formula is C13H28NO+. The Morgan fingerprint density at radius 3 is 2.33 bits per heavy atom. The highest BCUT2D eigenvalue weighted by Gasteiger charge is 2.35. The summed E-state index contributed by atoms with van der Waals surface area (Å²) in [5.41, 5.74) is 0. The second kappa shape index (κ2) is 6.49. The molecule has 0 aromatic carbocycles. The van der Waals surface area contributed by atoms with Crippen LogP contribution in [0.3, 0.4) is 0 Å². The molecule has 0 aliphatic carbocycles. The van der Waals surface area contributed by atoms with Crippen LogP contribution >= 0.6 is 0 Å². The molecule has 1 fully saturated rings. The van der Waals surface area contributed by atoms with E-state index in [9.17, 15) is 0 Å². The average molecular weight is 214 g/mol. The summed E-state index contributed by atoms with van der Waals surface area (Å²) in [6.45, 7) is 11.5. The molecule has 0 saturated carbocycles. The molecule has 1 unspecified atom stereocenters. The molecule has 1 saturated heterocycles. The van der Waals surface area contributed by atoms with Gasteiger partial charge in [0.2, 0.25) is 0 Å². The van der Waals surface area contributed by atoms with Crippen LogP contribution in [0.4, 0.5) is 0 Å². The summed E-state index contributed by atoms with van der Waals surface area (Å²) in [7, 11) is 0. The minimum absolute atomic E-state index is 0.404. The maximum atomic E-state index is 5.85. The number of hydrogen-bond acceptors (Lipinski definition) is 1. The van der Waals surface area contributed by atoms with Crippen molar-refractivity contribution in [2.45, 2.75) is 59.1 Å². The number of likely N-dealkylation sites (tertiary alicyclic amines) is 1. The highest BCUT2D eigenvalue weighted by atomic mass is 16.5. The lowest BCUT2D eigenvalue weighted by atomic mass is 10.1. The summed E-state index contributed by atoms with van der Waals surface area (Å²) in [6, 6.07) is 0. The second-order valence-electron chi connectivity index (χ2n) is 4.86. The van der Waals surface area contributed by atoms with Gasteiger partial charge in [-0.05, 0) is 32.6 Å². The lowest BCUT2D eigenvalue weighted by Crippen LogP contribution is -2.58. The largest absolute Gasteiger partial charge is 0.330 e. The third-order valence-corrected chi connectivity index (χ3v) is 3.84. The molecule has 1 heterocycles. The quantitative estimate of drug-likeness (QED) is 0.617. The molecule has 0 bridgehead atoms. The van der Waals surface area contributed by atoms with Crippen molar-refractivity contribution in [3.63, 3.8) is 0 Å². The van der Waals surface area contributed by atoms with Crippen LogP contribution in [0.1, 0.15) is 52.9 Å². The van der Waals surface area contributed by atoms with Gasteiger partial charge >= 0.3 is 0 Å². The zero-order valence-electron chi connectivity index (χ0n) is 10.8. The molecule has 0 spiro atoms. The number of quaternary nitrogens is 1. The van der Waals surface area contributed by atoms with E-state index in [1.54, 1.807) is 0 Å². The maximum Gasteiger partial charge on any atom is 0.190 e. The van der Waals surface area contributed by atoms with Crippen LogP contribution in [0.2, 0.25) is 0 Å². The van der Waals surface area contributed by atoms with Crippen LogP contribution in [0.5, 0.6) is 0 Å². The molecule has 1 atom stereocenters. The zero-order valence-corrected chi connectivity index (χ0v) is 10.8. The van der Waals surface area contributed by atoms with Gasteiger partial charge in [0.1, 0.15) is 0 Å². The molecule has 0 aromatic rings. The molecule has 2 heteroatoms. The normalized spacial score (nSPS) is 22.6. The average Bonchev–Trinajstić information content (AvgIpc) is 2.28. The van der Waals surface area contributed by atoms with Crippen molar-refractivity contribution >= 4 is 0 Å². The molecule has 2 nitrogen and oxygen atoms in total. The Kier molecular flexibility index (Phi) is 5.62. The molecule has 1 aliphatic rings. The Hall–Kier alpha value is -0.0800. The van der Waals surface area contributed by atoms with Gasteiger partial charge in [0.05, 0.1) is 26.2 Å². The number of unbranched alkanes of at least 4 members (excludes halogenated alkanes) is 1. The van der Waals surface area contributed by atoms with E-state index in [0.717, 1.165) is 6.61 Å². The van der Waals surface area contributed by atoms with Crippen molar-refractivity contribution in [2.75, 3.05) is 26.2 Å². The summed E-state index contributed by atoms with van der Waals surface area (Å²) in [4.78, 5) is 0. The summed E-state index contributed by atoms with van der Waals surface area (Å²) in [6.07, 6.45) is 7.26. The van der Waals surface area contributed by atoms with Gasteiger partial charge in [-0.15, -0.1) is 0 Å². The predicted octanol–water partition coefficient (Wildman–Crippen LogP) is 3.17. The lowest BCUT2D eigenvalue weighted by Gasteiger charge is -2.45. The summed E-state index contributed by atoms with van der Waals surface area (Å²) >= 11 is 0. The predicted molar refractivity (Wildman–Crippen MR) is 64.7 cm³/mol. The Morgan fingerprint density at radius 1 is 1.13 bits per heavy atom. The number of ether oxygens (including phenoxy) is 1. The van der Waals surface area contributed by atoms with Crippen LogP contribution in [0, 0.1) is 0 Å². The first-order chi connectivity index (χ1) is 7.25. The van der Waals surface area contributed by atoms with Crippen LogP contribution < -0.4 is 0 Å². The molecule has 0 amide bonds. The van der Waals surface area contributed by atoms with E-state index in [-0.39, 0.29) is 0 Å². The number of piperidine rings is 1. The molecule has 0 N–H and O–H groups in total. The van der Waals surface area contributed by atoms with Crippen molar-refractivity contribution in [3.05, 3.63) is 0 Å². The van der Waals surface area contributed by atoms with Crippen molar-refractivity contribution in [3.8, 4) is 0 Å². The highest BCUT2D eigenvalue weighted by molar-refractivity contribution is 4.56. The number of nitrogens with zero attached hydrogens (tertiary/aromatic N) is 1. The first-order valence-electron chi connectivity index (χ1n) is 6.72. The van der Waals surface area contributed by atoms with E-state index in [4.69, 9.17) is 4.74 Å². The van der Waals surface area contributed by atoms with Crippen LogP contribution in [-0.2, 0) is 4.74 Å². The van der Waals surface area contributed by atoms with Gasteiger partial charge in [0.25, 0.3) is 0 Å². The Bertz CT molecular complexity index is 164. The molecule has 1 aliphatic heterocycles. The molecule has 15 heavy (non-hydrogen) atoms. The van der Waals surface area contributed by atoms with Crippen LogP contribution in [-0.4, -0.2) is 37.0 Å². The van der Waals surface area contributed by atoms with Gasteiger partial charge in [-0.2, -0.15) is 0 Å². The fourth-order valence-electron chi connectivity index (χ4n) is 2.78. The Balaban J connectivity index is 2.56. The first kappa shape index (κ1) is 13.0. The monoisotopic (exact) mass is 214 g/mol. The van der Waals surface area contributed by atoms with E-state index in [0.29, 0.717) is 6.23 Å². The molecule has 90 valence electrons. The van der Waals surface area contributed by atoms with E-state index >= 15 is 0 Å². The maximum absolute atomic E-state index is 5.85. The van der Waals surface area contributed by atoms with E-state index in [1.807, 2.05) is 0 Å². The lowest BCUT2D eigenvalue weighted by molar-refractivity contribution is -0.973. The second-order valence-corrected chi connectivity index (χ2v) is 4.86. The summed E-state index contributed by atoms with van der Waals surface area (Å²) in [5, 5.41) is 0. The number of hydrogen-bond donors (Lipinski definition) is 0. The zero-order chi connectivity index (χ0) is 11.1. The fraction of sp³-hybridized carbons (Fsp3) is 1.00. The molecule has 0 radical (unpaired) electrons. The van der Waals surface area contributed by atoms with Crippen LogP contribution in [0.15, 0.2) is 0 Å². The van der Waals surface area contributed by atoms with E-state index < -0.39 is 0 Å². The van der Waals surface area contributed by atoms with Crippen molar-refractivity contribution < 1.29 is 9.22 Å². The van der Waals surface area contributed by atoms with Gasteiger partial charge in [-0.3, -0.25) is 4.48 Å².